The predicted octanol–water partition coefficient (Wildman–Crippen LogP) is 3.64. The van der Waals surface area contributed by atoms with Crippen LogP contribution in [0.25, 0.3) is 11.4 Å². The van der Waals surface area contributed by atoms with E-state index in [1.165, 1.54) is 0 Å². The molecule has 0 aliphatic heterocycles. The van der Waals surface area contributed by atoms with E-state index >= 15 is 0 Å². The molecule has 0 amide bonds. The summed E-state index contributed by atoms with van der Waals surface area (Å²) in [5.74, 6) is 1.48. The van der Waals surface area contributed by atoms with Crippen LogP contribution in [0.2, 0.25) is 0 Å². The number of rotatable bonds is 2. The highest BCUT2D eigenvalue weighted by atomic mass is 79.9. The second-order valence-electron chi connectivity index (χ2n) is 5.30. The maximum absolute atomic E-state index is 4.68. The van der Waals surface area contributed by atoms with Crippen molar-refractivity contribution in [2.24, 2.45) is 0 Å². The molecule has 4 nitrogen and oxygen atoms in total. The van der Waals surface area contributed by atoms with Gasteiger partial charge in [0.15, 0.2) is 5.82 Å². The molecule has 2 aromatic rings. The van der Waals surface area contributed by atoms with Crippen molar-refractivity contribution in [3.8, 4) is 11.4 Å². The van der Waals surface area contributed by atoms with E-state index in [1.54, 1.807) is 12.4 Å². The first-order valence-electron chi connectivity index (χ1n) is 6.09. The minimum atomic E-state index is -0.0651. The van der Waals surface area contributed by atoms with E-state index < -0.39 is 0 Å². The van der Waals surface area contributed by atoms with Gasteiger partial charge in [0.05, 0.1) is 10.2 Å². The number of anilines is 1. The fourth-order valence-electron chi connectivity index (χ4n) is 1.73. The number of hydrogen-bond acceptors (Lipinski definition) is 4. The zero-order chi connectivity index (χ0) is 14.0. The summed E-state index contributed by atoms with van der Waals surface area (Å²) in [6.07, 6.45) is 3.52. The molecule has 2 heterocycles. The average Bonchev–Trinajstić information content (AvgIpc) is 2.38. The second-order valence-corrected chi connectivity index (χ2v) is 6.09. The van der Waals surface area contributed by atoms with Gasteiger partial charge in [-0.25, -0.2) is 9.97 Å². The van der Waals surface area contributed by atoms with Crippen molar-refractivity contribution >= 4 is 21.7 Å². The van der Waals surface area contributed by atoms with Crippen molar-refractivity contribution < 1.29 is 0 Å². The fraction of sp³-hybridized carbons (Fsp3) is 0.357. The first-order valence-corrected chi connectivity index (χ1v) is 6.89. The lowest BCUT2D eigenvalue weighted by molar-refractivity contribution is 0.564. The van der Waals surface area contributed by atoms with E-state index in [0.29, 0.717) is 5.82 Å². The average molecular weight is 321 g/mol. The molecule has 0 aliphatic rings. The molecule has 19 heavy (non-hydrogen) atoms. The topological polar surface area (TPSA) is 50.7 Å². The summed E-state index contributed by atoms with van der Waals surface area (Å²) in [5, 5.41) is 3.10. The van der Waals surface area contributed by atoms with Gasteiger partial charge >= 0.3 is 0 Å². The highest BCUT2D eigenvalue weighted by Crippen LogP contribution is 2.33. The summed E-state index contributed by atoms with van der Waals surface area (Å²) in [4.78, 5) is 13.3. The molecule has 0 bridgehead atoms. The van der Waals surface area contributed by atoms with Gasteiger partial charge in [-0.3, -0.25) is 4.98 Å². The summed E-state index contributed by atoms with van der Waals surface area (Å²) in [7, 11) is 1.85. The largest absolute Gasteiger partial charge is 0.372 e. The number of hydrogen-bond donors (Lipinski definition) is 1. The van der Waals surface area contributed by atoms with Crippen LogP contribution in [0.5, 0.6) is 0 Å². The van der Waals surface area contributed by atoms with E-state index in [2.05, 4.69) is 57.0 Å². The monoisotopic (exact) mass is 320 g/mol. The van der Waals surface area contributed by atoms with E-state index in [-0.39, 0.29) is 5.41 Å². The zero-order valence-electron chi connectivity index (χ0n) is 11.5. The third-order valence-electron chi connectivity index (χ3n) is 2.72. The quantitative estimate of drug-likeness (QED) is 0.917. The molecule has 0 radical (unpaired) electrons. The third kappa shape index (κ3) is 2.92. The molecule has 2 rings (SSSR count). The molecule has 0 spiro atoms. The van der Waals surface area contributed by atoms with Crippen LogP contribution in [0.4, 0.5) is 5.82 Å². The Kier molecular flexibility index (Phi) is 3.85. The zero-order valence-corrected chi connectivity index (χ0v) is 13.1. The Morgan fingerprint density at radius 2 is 1.95 bits per heavy atom. The minimum Gasteiger partial charge on any atom is -0.372 e. The molecule has 0 unspecified atom stereocenters. The molecule has 0 saturated heterocycles. The smallest absolute Gasteiger partial charge is 0.163 e. The normalized spacial score (nSPS) is 11.4. The van der Waals surface area contributed by atoms with Gasteiger partial charge in [-0.15, -0.1) is 0 Å². The van der Waals surface area contributed by atoms with Crippen molar-refractivity contribution in [2.45, 2.75) is 26.2 Å². The molecular weight excluding hydrogens is 304 g/mol. The third-order valence-corrected chi connectivity index (χ3v) is 3.47. The van der Waals surface area contributed by atoms with Gasteiger partial charge < -0.3 is 5.32 Å². The summed E-state index contributed by atoms with van der Waals surface area (Å²) in [6, 6.07) is 3.85. The molecular formula is C14H17BrN4. The van der Waals surface area contributed by atoms with Gasteiger partial charge in [0.25, 0.3) is 0 Å². The summed E-state index contributed by atoms with van der Waals surface area (Å²) in [6.45, 7) is 6.39. The highest BCUT2D eigenvalue weighted by Gasteiger charge is 2.23. The standard InChI is InChI=1S/C14H17BrN4/c1-14(2,3)11-10(15)13(16-4)19-12(18-11)9-6-5-7-17-8-9/h5-8H,1-4H3,(H,16,18,19). The Labute approximate surface area is 121 Å². The predicted molar refractivity (Wildman–Crippen MR) is 81.2 cm³/mol. The molecule has 0 aliphatic carbocycles. The Morgan fingerprint density at radius 1 is 1.21 bits per heavy atom. The van der Waals surface area contributed by atoms with Crippen LogP contribution in [0.15, 0.2) is 29.0 Å². The van der Waals surface area contributed by atoms with Crippen molar-refractivity contribution in [1.29, 1.82) is 0 Å². The number of nitrogens with zero attached hydrogens (tertiary/aromatic N) is 3. The van der Waals surface area contributed by atoms with Crippen LogP contribution in [-0.2, 0) is 5.41 Å². The molecule has 2 aromatic heterocycles. The van der Waals surface area contributed by atoms with E-state index in [9.17, 15) is 0 Å². The molecule has 0 saturated carbocycles. The Balaban J connectivity index is 2.65. The van der Waals surface area contributed by atoms with Crippen LogP contribution in [-0.4, -0.2) is 22.0 Å². The van der Waals surface area contributed by atoms with E-state index in [1.807, 2.05) is 19.2 Å². The lowest BCUT2D eigenvalue weighted by Gasteiger charge is -2.21. The molecule has 0 fully saturated rings. The lowest BCUT2D eigenvalue weighted by Crippen LogP contribution is -2.17. The molecule has 0 atom stereocenters. The molecule has 1 N–H and O–H groups in total. The van der Waals surface area contributed by atoms with Crippen molar-refractivity contribution in [3.63, 3.8) is 0 Å². The molecule has 100 valence electrons. The van der Waals surface area contributed by atoms with Crippen molar-refractivity contribution in [2.75, 3.05) is 12.4 Å². The number of aromatic nitrogens is 3. The Hall–Kier alpha value is -1.49. The van der Waals surface area contributed by atoms with Crippen LogP contribution in [0.3, 0.4) is 0 Å². The van der Waals surface area contributed by atoms with Gasteiger partial charge in [0.2, 0.25) is 0 Å². The van der Waals surface area contributed by atoms with Crippen molar-refractivity contribution in [3.05, 3.63) is 34.7 Å². The van der Waals surface area contributed by atoms with E-state index in [4.69, 9.17) is 0 Å². The molecule has 0 aromatic carbocycles. The lowest BCUT2D eigenvalue weighted by atomic mass is 9.91. The number of nitrogens with one attached hydrogen (secondary N) is 1. The second kappa shape index (κ2) is 5.25. The van der Waals surface area contributed by atoms with Crippen LogP contribution in [0, 0.1) is 0 Å². The minimum absolute atomic E-state index is 0.0651. The maximum atomic E-state index is 4.68. The van der Waals surface area contributed by atoms with Gasteiger partial charge in [-0.2, -0.15) is 0 Å². The van der Waals surface area contributed by atoms with Gasteiger partial charge in [0.1, 0.15) is 5.82 Å². The van der Waals surface area contributed by atoms with Crippen LogP contribution < -0.4 is 5.32 Å². The first-order chi connectivity index (χ1) is 8.93. The highest BCUT2D eigenvalue weighted by molar-refractivity contribution is 9.10. The van der Waals surface area contributed by atoms with Gasteiger partial charge in [0, 0.05) is 30.4 Å². The Bertz CT molecular complexity index is 576. The number of halogens is 1. The van der Waals surface area contributed by atoms with Crippen molar-refractivity contribution in [1.82, 2.24) is 15.0 Å². The van der Waals surface area contributed by atoms with Gasteiger partial charge in [-0.1, -0.05) is 20.8 Å². The maximum Gasteiger partial charge on any atom is 0.163 e. The summed E-state index contributed by atoms with van der Waals surface area (Å²) < 4.78 is 0.912. The first kappa shape index (κ1) is 13.9. The molecule has 5 heteroatoms. The summed E-state index contributed by atoms with van der Waals surface area (Å²) in [5.41, 5.74) is 1.83. The fourth-order valence-corrected chi connectivity index (χ4v) is 2.70. The Morgan fingerprint density at radius 3 is 2.47 bits per heavy atom. The number of pyridine rings is 1. The van der Waals surface area contributed by atoms with E-state index in [0.717, 1.165) is 21.5 Å². The SMILES string of the molecule is CNc1nc(-c2cccnc2)nc(C(C)(C)C)c1Br. The van der Waals surface area contributed by atoms with Crippen LogP contribution >= 0.6 is 15.9 Å². The van der Waals surface area contributed by atoms with Crippen LogP contribution in [0.1, 0.15) is 26.5 Å². The summed E-state index contributed by atoms with van der Waals surface area (Å²) >= 11 is 3.58. The van der Waals surface area contributed by atoms with Gasteiger partial charge in [-0.05, 0) is 28.1 Å².